The van der Waals surface area contributed by atoms with Crippen molar-refractivity contribution in [3.8, 4) is 28.6 Å². The van der Waals surface area contributed by atoms with E-state index in [4.69, 9.17) is 9.47 Å². The monoisotopic (exact) mass is 412 g/mol. The number of anilines is 1. The van der Waals surface area contributed by atoms with E-state index in [2.05, 4.69) is 15.4 Å². The molecule has 4 aromatic rings. The second-order valence-corrected chi connectivity index (χ2v) is 7.04. The highest BCUT2D eigenvalue weighted by atomic mass is 16.5. The van der Waals surface area contributed by atoms with Crippen LogP contribution >= 0.6 is 0 Å². The maximum Gasteiger partial charge on any atom is 0.295 e. The predicted molar refractivity (Wildman–Crippen MR) is 117 cm³/mol. The Hall–Kier alpha value is -4.13. The van der Waals surface area contributed by atoms with Crippen LogP contribution in [0.4, 0.5) is 5.69 Å². The highest BCUT2D eigenvalue weighted by Gasteiger charge is 2.20. The Labute approximate surface area is 179 Å². The highest BCUT2D eigenvalue weighted by molar-refractivity contribution is 6.02. The van der Waals surface area contributed by atoms with Crippen LogP contribution in [0.1, 0.15) is 17.0 Å². The molecule has 2 heterocycles. The first-order valence-corrected chi connectivity index (χ1v) is 10.1. The number of carbonyl (C=O) groups is 1. The lowest BCUT2D eigenvalue weighted by Gasteiger charge is -2.09. The number of nitrogens with zero attached hydrogens (tertiary/aromatic N) is 3. The van der Waals surface area contributed by atoms with Gasteiger partial charge in [-0.05, 0) is 24.3 Å². The average molecular weight is 412 g/mol. The van der Waals surface area contributed by atoms with Crippen LogP contribution in [0.15, 0.2) is 78.9 Å². The van der Waals surface area contributed by atoms with E-state index < -0.39 is 5.91 Å². The molecule has 0 radical (unpaired) electrons. The second-order valence-electron chi connectivity index (χ2n) is 7.04. The summed E-state index contributed by atoms with van der Waals surface area (Å²) in [4.78, 5) is 17.5. The minimum Gasteiger partial charge on any atom is -0.490 e. The smallest absolute Gasteiger partial charge is 0.295 e. The SMILES string of the molecule is O=C(Nc1ccc2c(c1)OCCCO2)c1nc(-c2ccccc2)n(-c2ccccc2)n1. The first-order valence-electron chi connectivity index (χ1n) is 10.1. The molecule has 1 amide bonds. The zero-order chi connectivity index (χ0) is 21.0. The topological polar surface area (TPSA) is 78.3 Å². The van der Waals surface area contributed by atoms with Gasteiger partial charge in [0.05, 0.1) is 18.9 Å². The molecule has 0 saturated heterocycles. The quantitative estimate of drug-likeness (QED) is 0.539. The van der Waals surface area contributed by atoms with Gasteiger partial charge in [0.1, 0.15) is 0 Å². The average Bonchev–Trinajstić information content (AvgIpc) is 3.14. The maximum atomic E-state index is 13.0. The van der Waals surface area contributed by atoms with Gasteiger partial charge in [-0.1, -0.05) is 48.5 Å². The van der Waals surface area contributed by atoms with Gasteiger partial charge in [0.25, 0.3) is 5.91 Å². The molecule has 1 aliphatic rings. The Kier molecular flexibility index (Phi) is 5.06. The van der Waals surface area contributed by atoms with E-state index in [1.807, 2.05) is 60.7 Å². The van der Waals surface area contributed by atoms with Crippen LogP contribution in [-0.2, 0) is 0 Å². The van der Waals surface area contributed by atoms with Gasteiger partial charge in [-0.3, -0.25) is 4.79 Å². The third-order valence-corrected chi connectivity index (χ3v) is 4.85. The fourth-order valence-corrected chi connectivity index (χ4v) is 3.36. The van der Waals surface area contributed by atoms with Gasteiger partial charge < -0.3 is 14.8 Å². The molecule has 0 fully saturated rings. The summed E-state index contributed by atoms with van der Waals surface area (Å²) in [5, 5.41) is 7.35. The van der Waals surface area contributed by atoms with Crippen LogP contribution in [0.25, 0.3) is 17.1 Å². The number of amides is 1. The number of para-hydroxylation sites is 1. The van der Waals surface area contributed by atoms with Crippen molar-refractivity contribution in [1.29, 1.82) is 0 Å². The Balaban J connectivity index is 1.47. The Morgan fingerprint density at radius 3 is 2.35 bits per heavy atom. The molecule has 0 atom stereocenters. The molecule has 1 N–H and O–H groups in total. The molecule has 0 unspecified atom stereocenters. The fraction of sp³-hybridized carbons (Fsp3) is 0.125. The number of hydrogen-bond donors (Lipinski definition) is 1. The van der Waals surface area contributed by atoms with Crippen molar-refractivity contribution in [2.75, 3.05) is 18.5 Å². The summed E-state index contributed by atoms with van der Waals surface area (Å²) in [7, 11) is 0. The van der Waals surface area contributed by atoms with Gasteiger partial charge in [-0.2, -0.15) is 0 Å². The van der Waals surface area contributed by atoms with E-state index in [0.29, 0.717) is 36.2 Å². The van der Waals surface area contributed by atoms with E-state index in [1.54, 1.807) is 22.9 Å². The van der Waals surface area contributed by atoms with E-state index in [-0.39, 0.29) is 5.82 Å². The Morgan fingerprint density at radius 2 is 1.58 bits per heavy atom. The van der Waals surface area contributed by atoms with Crippen LogP contribution in [0.5, 0.6) is 11.5 Å². The first-order chi connectivity index (χ1) is 15.3. The minimum atomic E-state index is -0.402. The van der Waals surface area contributed by atoms with Crippen LogP contribution in [0.2, 0.25) is 0 Å². The highest BCUT2D eigenvalue weighted by Crippen LogP contribution is 2.32. The lowest BCUT2D eigenvalue weighted by atomic mass is 10.2. The van der Waals surface area contributed by atoms with E-state index >= 15 is 0 Å². The molecule has 0 spiro atoms. The Bertz CT molecular complexity index is 1150. The normalized spacial score (nSPS) is 12.8. The number of rotatable bonds is 4. The molecule has 0 saturated carbocycles. The van der Waals surface area contributed by atoms with E-state index in [0.717, 1.165) is 17.7 Å². The molecule has 1 aliphatic heterocycles. The molecule has 0 bridgehead atoms. The van der Waals surface area contributed by atoms with Gasteiger partial charge in [0.2, 0.25) is 5.82 Å². The van der Waals surface area contributed by atoms with Crippen LogP contribution in [-0.4, -0.2) is 33.9 Å². The minimum absolute atomic E-state index is 0.0785. The maximum absolute atomic E-state index is 13.0. The lowest BCUT2D eigenvalue weighted by molar-refractivity contribution is 0.101. The van der Waals surface area contributed by atoms with Gasteiger partial charge >= 0.3 is 0 Å². The van der Waals surface area contributed by atoms with Gasteiger partial charge in [-0.15, -0.1) is 5.10 Å². The summed E-state index contributed by atoms with van der Waals surface area (Å²) in [6.45, 7) is 1.19. The molecular weight excluding hydrogens is 392 g/mol. The first kappa shape index (κ1) is 18.9. The molecule has 0 aliphatic carbocycles. The molecule has 154 valence electrons. The van der Waals surface area contributed by atoms with E-state index in [1.165, 1.54) is 0 Å². The number of hydrogen-bond acceptors (Lipinski definition) is 5. The number of fused-ring (bicyclic) bond motifs is 1. The zero-order valence-electron chi connectivity index (χ0n) is 16.7. The molecule has 7 heteroatoms. The van der Waals surface area contributed by atoms with Crippen molar-refractivity contribution in [2.24, 2.45) is 0 Å². The number of carbonyl (C=O) groups excluding carboxylic acids is 1. The van der Waals surface area contributed by atoms with Crippen molar-refractivity contribution in [3.05, 3.63) is 84.7 Å². The van der Waals surface area contributed by atoms with Crippen molar-refractivity contribution in [1.82, 2.24) is 14.8 Å². The van der Waals surface area contributed by atoms with Gasteiger partial charge in [0, 0.05) is 23.7 Å². The fourth-order valence-electron chi connectivity index (χ4n) is 3.36. The summed E-state index contributed by atoms with van der Waals surface area (Å²) in [6, 6.07) is 24.6. The summed E-state index contributed by atoms with van der Waals surface area (Å²) in [6.07, 6.45) is 0.819. The standard InChI is InChI=1S/C24H20N4O3/c29-24(25-18-12-13-20-21(16-18)31-15-7-14-30-20)22-26-23(17-8-3-1-4-9-17)28(27-22)19-10-5-2-6-11-19/h1-6,8-13,16H,7,14-15H2,(H,25,29). The van der Waals surface area contributed by atoms with E-state index in [9.17, 15) is 4.79 Å². The Morgan fingerprint density at radius 1 is 0.871 bits per heavy atom. The predicted octanol–water partition coefficient (Wildman–Crippen LogP) is 4.35. The summed E-state index contributed by atoms with van der Waals surface area (Å²) in [5.74, 6) is 1.56. The molecule has 5 rings (SSSR count). The van der Waals surface area contributed by atoms with Crippen molar-refractivity contribution < 1.29 is 14.3 Å². The molecule has 31 heavy (non-hydrogen) atoms. The number of nitrogens with one attached hydrogen (secondary N) is 1. The molecule has 1 aromatic heterocycles. The molecular formula is C24H20N4O3. The molecule has 3 aromatic carbocycles. The van der Waals surface area contributed by atoms with Crippen LogP contribution < -0.4 is 14.8 Å². The summed E-state index contributed by atoms with van der Waals surface area (Å²) in [5.41, 5.74) is 2.28. The summed E-state index contributed by atoms with van der Waals surface area (Å²) < 4.78 is 13.0. The number of benzene rings is 3. The van der Waals surface area contributed by atoms with Crippen LogP contribution in [0.3, 0.4) is 0 Å². The number of ether oxygens (including phenoxy) is 2. The lowest BCUT2D eigenvalue weighted by Crippen LogP contribution is -2.14. The van der Waals surface area contributed by atoms with Crippen molar-refractivity contribution in [3.63, 3.8) is 0 Å². The van der Waals surface area contributed by atoms with Gasteiger partial charge in [-0.25, -0.2) is 9.67 Å². The largest absolute Gasteiger partial charge is 0.490 e. The third-order valence-electron chi connectivity index (χ3n) is 4.85. The third kappa shape index (κ3) is 3.98. The zero-order valence-corrected chi connectivity index (χ0v) is 16.7. The van der Waals surface area contributed by atoms with Crippen molar-refractivity contribution in [2.45, 2.75) is 6.42 Å². The van der Waals surface area contributed by atoms with Crippen LogP contribution in [0, 0.1) is 0 Å². The summed E-state index contributed by atoms with van der Waals surface area (Å²) >= 11 is 0. The van der Waals surface area contributed by atoms with Gasteiger partial charge in [0.15, 0.2) is 17.3 Å². The second kappa shape index (κ2) is 8.31. The molecule has 7 nitrogen and oxygen atoms in total. The van der Waals surface area contributed by atoms with Crippen molar-refractivity contribution >= 4 is 11.6 Å². The number of aromatic nitrogens is 3.